The van der Waals surface area contributed by atoms with Crippen molar-refractivity contribution < 1.29 is 14.3 Å². The quantitative estimate of drug-likeness (QED) is 0.825. The van der Waals surface area contributed by atoms with Gasteiger partial charge in [-0.3, -0.25) is 9.78 Å². The minimum absolute atomic E-state index is 0.0632. The molecule has 1 aromatic heterocycles. The summed E-state index contributed by atoms with van der Waals surface area (Å²) in [7, 11) is 0. The summed E-state index contributed by atoms with van der Waals surface area (Å²) in [5, 5.41) is 0. The number of aromatic nitrogens is 2. The molecule has 142 valence electrons. The molecule has 1 aliphatic heterocycles. The maximum absolute atomic E-state index is 13.3. The standard InChI is InChI=1S/C21H25N3O3/c1-14-4-3-5-18(15(14)2)24(21(25)17-11-22-8-9-23-17)12-16-6-7-19-20(10-16)27-13-26-19/h6-11,14-15,18H,3-5,12-13H2,1-2H3. The number of carbonyl (C=O) groups excluding carboxylic acids is 1. The van der Waals surface area contributed by atoms with Crippen LogP contribution in [0.3, 0.4) is 0 Å². The monoisotopic (exact) mass is 367 g/mol. The van der Waals surface area contributed by atoms with Crippen LogP contribution >= 0.6 is 0 Å². The molecule has 3 unspecified atom stereocenters. The van der Waals surface area contributed by atoms with Gasteiger partial charge in [0.05, 0.1) is 6.20 Å². The number of hydrogen-bond donors (Lipinski definition) is 0. The molecule has 27 heavy (non-hydrogen) atoms. The molecular formula is C21H25N3O3. The first kappa shape index (κ1) is 17.8. The molecule has 2 aromatic rings. The predicted molar refractivity (Wildman–Crippen MR) is 100 cm³/mol. The van der Waals surface area contributed by atoms with Gasteiger partial charge < -0.3 is 14.4 Å². The lowest BCUT2D eigenvalue weighted by atomic mass is 9.77. The van der Waals surface area contributed by atoms with Crippen LogP contribution in [0.25, 0.3) is 0 Å². The molecule has 0 radical (unpaired) electrons. The van der Waals surface area contributed by atoms with E-state index in [9.17, 15) is 4.79 Å². The molecule has 1 fully saturated rings. The Kier molecular flexibility index (Phi) is 4.97. The molecule has 4 rings (SSSR count). The number of amides is 1. The van der Waals surface area contributed by atoms with E-state index in [0.29, 0.717) is 24.1 Å². The molecule has 0 spiro atoms. The summed E-state index contributed by atoms with van der Waals surface area (Å²) in [4.78, 5) is 23.6. The largest absolute Gasteiger partial charge is 0.454 e. The number of benzene rings is 1. The van der Waals surface area contributed by atoms with Crippen LogP contribution in [-0.2, 0) is 6.54 Å². The van der Waals surface area contributed by atoms with Gasteiger partial charge in [-0.25, -0.2) is 4.98 Å². The minimum atomic E-state index is -0.0632. The van der Waals surface area contributed by atoms with Crippen molar-refractivity contribution in [1.82, 2.24) is 14.9 Å². The Morgan fingerprint density at radius 1 is 1.19 bits per heavy atom. The molecule has 1 aromatic carbocycles. The Morgan fingerprint density at radius 3 is 2.85 bits per heavy atom. The summed E-state index contributed by atoms with van der Waals surface area (Å²) in [5.41, 5.74) is 1.42. The third kappa shape index (κ3) is 3.61. The number of fused-ring (bicyclic) bond motifs is 1. The highest BCUT2D eigenvalue weighted by Crippen LogP contribution is 2.36. The lowest BCUT2D eigenvalue weighted by molar-refractivity contribution is 0.0443. The van der Waals surface area contributed by atoms with Crippen molar-refractivity contribution in [2.45, 2.75) is 45.7 Å². The third-order valence-corrected chi connectivity index (χ3v) is 5.90. The highest BCUT2D eigenvalue weighted by Gasteiger charge is 2.35. The van der Waals surface area contributed by atoms with Crippen LogP contribution in [0.4, 0.5) is 0 Å². The van der Waals surface area contributed by atoms with E-state index in [4.69, 9.17) is 9.47 Å². The SMILES string of the molecule is CC1CCCC(N(Cc2ccc3c(c2)OCO3)C(=O)c2cnccn2)C1C. The first-order valence-corrected chi connectivity index (χ1v) is 9.59. The fourth-order valence-electron chi connectivity index (χ4n) is 4.13. The van der Waals surface area contributed by atoms with Crippen LogP contribution < -0.4 is 9.47 Å². The second-order valence-corrected chi connectivity index (χ2v) is 7.55. The van der Waals surface area contributed by atoms with Crippen LogP contribution in [0.5, 0.6) is 11.5 Å². The van der Waals surface area contributed by atoms with Gasteiger partial charge in [-0.15, -0.1) is 0 Å². The fourth-order valence-corrected chi connectivity index (χ4v) is 4.13. The zero-order valence-electron chi connectivity index (χ0n) is 15.8. The average molecular weight is 367 g/mol. The Hall–Kier alpha value is -2.63. The van der Waals surface area contributed by atoms with E-state index in [1.165, 1.54) is 6.42 Å². The third-order valence-electron chi connectivity index (χ3n) is 5.90. The highest BCUT2D eigenvalue weighted by atomic mass is 16.7. The van der Waals surface area contributed by atoms with Gasteiger partial charge >= 0.3 is 0 Å². The normalized spacial score (nSPS) is 23.9. The molecule has 0 bridgehead atoms. The second-order valence-electron chi connectivity index (χ2n) is 7.55. The van der Waals surface area contributed by atoms with Gasteiger partial charge in [-0.05, 0) is 36.0 Å². The Labute approximate surface area is 159 Å². The van der Waals surface area contributed by atoms with Gasteiger partial charge in [0.1, 0.15) is 5.69 Å². The van der Waals surface area contributed by atoms with Crippen LogP contribution in [0.1, 0.15) is 49.2 Å². The smallest absolute Gasteiger partial charge is 0.274 e. The molecule has 1 amide bonds. The van der Waals surface area contributed by atoms with Crippen molar-refractivity contribution in [3.05, 3.63) is 48.0 Å². The number of rotatable bonds is 4. The summed E-state index contributed by atoms with van der Waals surface area (Å²) in [6, 6.07) is 6.07. The predicted octanol–water partition coefficient (Wildman–Crippen LogP) is 3.67. The number of hydrogen-bond acceptors (Lipinski definition) is 5. The lowest BCUT2D eigenvalue weighted by Gasteiger charge is -2.41. The first-order valence-electron chi connectivity index (χ1n) is 9.59. The van der Waals surface area contributed by atoms with Gasteiger partial charge in [0.15, 0.2) is 11.5 Å². The van der Waals surface area contributed by atoms with E-state index in [0.717, 1.165) is 29.9 Å². The Bertz CT molecular complexity index is 812. The molecule has 6 nitrogen and oxygen atoms in total. The zero-order valence-corrected chi connectivity index (χ0v) is 15.8. The number of ether oxygens (including phenoxy) is 2. The van der Waals surface area contributed by atoms with Crippen molar-refractivity contribution in [3.8, 4) is 11.5 Å². The van der Waals surface area contributed by atoms with E-state index < -0.39 is 0 Å². The summed E-state index contributed by atoms with van der Waals surface area (Å²) >= 11 is 0. The summed E-state index contributed by atoms with van der Waals surface area (Å²) in [6.45, 7) is 5.31. The van der Waals surface area contributed by atoms with Gasteiger partial charge in [-0.2, -0.15) is 0 Å². The van der Waals surface area contributed by atoms with Gasteiger partial charge in [0.25, 0.3) is 5.91 Å². The van der Waals surface area contributed by atoms with Gasteiger partial charge in [0, 0.05) is 25.0 Å². The molecule has 3 atom stereocenters. The van der Waals surface area contributed by atoms with E-state index in [1.807, 2.05) is 23.1 Å². The van der Waals surface area contributed by atoms with Crippen molar-refractivity contribution in [2.75, 3.05) is 6.79 Å². The van der Waals surface area contributed by atoms with E-state index in [1.54, 1.807) is 18.6 Å². The number of nitrogens with zero attached hydrogens (tertiary/aromatic N) is 3. The van der Waals surface area contributed by atoms with Crippen LogP contribution in [0, 0.1) is 11.8 Å². The molecule has 2 aliphatic rings. The number of carbonyl (C=O) groups is 1. The van der Waals surface area contributed by atoms with Crippen molar-refractivity contribution in [3.63, 3.8) is 0 Å². The van der Waals surface area contributed by atoms with Crippen LogP contribution in [0.2, 0.25) is 0 Å². The Balaban J connectivity index is 1.64. The zero-order chi connectivity index (χ0) is 18.8. The minimum Gasteiger partial charge on any atom is -0.454 e. The van der Waals surface area contributed by atoms with Crippen LogP contribution in [-0.4, -0.2) is 33.6 Å². The lowest BCUT2D eigenvalue weighted by Crippen LogP contribution is -2.47. The van der Waals surface area contributed by atoms with Crippen LogP contribution in [0.15, 0.2) is 36.8 Å². The first-order chi connectivity index (χ1) is 13.1. The molecule has 2 heterocycles. The summed E-state index contributed by atoms with van der Waals surface area (Å²) in [6.07, 6.45) is 8.08. The maximum Gasteiger partial charge on any atom is 0.274 e. The molecule has 6 heteroatoms. The summed E-state index contributed by atoms with van der Waals surface area (Å²) < 4.78 is 10.9. The molecule has 0 saturated heterocycles. The van der Waals surface area contributed by atoms with E-state index in [2.05, 4.69) is 23.8 Å². The summed E-state index contributed by atoms with van der Waals surface area (Å²) in [5.74, 6) is 2.47. The fraction of sp³-hybridized carbons (Fsp3) is 0.476. The highest BCUT2D eigenvalue weighted by molar-refractivity contribution is 5.92. The van der Waals surface area contributed by atoms with E-state index >= 15 is 0 Å². The molecule has 1 saturated carbocycles. The second kappa shape index (κ2) is 7.55. The van der Waals surface area contributed by atoms with Crippen molar-refractivity contribution in [1.29, 1.82) is 0 Å². The van der Waals surface area contributed by atoms with Gasteiger partial charge in [-0.1, -0.05) is 32.8 Å². The molecule has 1 aliphatic carbocycles. The van der Waals surface area contributed by atoms with Crippen molar-refractivity contribution >= 4 is 5.91 Å². The maximum atomic E-state index is 13.3. The van der Waals surface area contributed by atoms with E-state index in [-0.39, 0.29) is 18.7 Å². The van der Waals surface area contributed by atoms with Gasteiger partial charge in [0.2, 0.25) is 6.79 Å². The average Bonchev–Trinajstić information content (AvgIpc) is 3.16. The molecule has 0 N–H and O–H groups in total. The topological polar surface area (TPSA) is 64.6 Å². The van der Waals surface area contributed by atoms with Crippen molar-refractivity contribution in [2.24, 2.45) is 11.8 Å². The Morgan fingerprint density at radius 2 is 2.04 bits per heavy atom. The molecular weight excluding hydrogens is 342 g/mol.